The van der Waals surface area contributed by atoms with Gasteiger partial charge in [-0.2, -0.15) is 13.2 Å². The molecule has 1 saturated heterocycles. The van der Waals surface area contributed by atoms with Crippen LogP contribution in [0, 0.1) is 0 Å². The molecule has 0 radical (unpaired) electrons. The summed E-state index contributed by atoms with van der Waals surface area (Å²) < 4.78 is 38.1. The summed E-state index contributed by atoms with van der Waals surface area (Å²) in [5.74, 6) is -0.108. The maximum atomic E-state index is 12.7. The number of hydrogen-bond acceptors (Lipinski definition) is 3. The molecule has 1 fully saturated rings. The molecule has 0 unspecified atom stereocenters. The van der Waals surface area contributed by atoms with Crippen molar-refractivity contribution in [3.8, 4) is 0 Å². The van der Waals surface area contributed by atoms with Gasteiger partial charge in [-0.3, -0.25) is 9.78 Å². The van der Waals surface area contributed by atoms with E-state index < -0.39 is 11.7 Å². The summed E-state index contributed by atoms with van der Waals surface area (Å²) in [5, 5.41) is 2.91. The highest BCUT2D eigenvalue weighted by molar-refractivity contribution is 5.78. The number of pyridine rings is 1. The second-order valence-electron chi connectivity index (χ2n) is 6.34. The number of nitrogens with one attached hydrogen (secondary N) is 1. The average molecular weight is 363 g/mol. The van der Waals surface area contributed by atoms with Crippen LogP contribution in [0.3, 0.4) is 0 Å². The van der Waals surface area contributed by atoms with Gasteiger partial charge in [0.25, 0.3) is 0 Å². The smallest absolute Gasteiger partial charge is 0.367 e. The Morgan fingerprint density at radius 3 is 2.62 bits per heavy atom. The summed E-state index contributed by atoms with van der Waals surface area (Å²) in [6.07, 6.45) is -0.630. The fraction of sp³-hybridized carbons (Fsp3) is 0.368. The normalized spacial score (nSPS) is 17.3. The van der Waals surface area contributed by atoms with Gasteiger partial charge in [0.15, 0.2) is 0 Å². The number of carbonyl (C=O) groups is 1. The van der Waals surface area contributed by atoms with Crippen LogP contribution in [-0.2, 0) is 17.4 Å². The number of alkyl halides is 3. The van der Waals surface area contributed by atoms with Crippen molar-refractivity contribution in [2.24, 2.45) is 0 Å². The van der Waals surface area contributed by atoms with Gasteiger partial charge in [0, 0.05) is 36.7 Å². The van der Waals surface area contributed by atoms with Crippen molar-refractivity contribution < 1.29 is 18.0 Å². The summed E-state index contributed by atoms with van der Waals surface area (Å²) in [6.45, 7) is 1.23. The molecule has 1 atom stereocenters. The Balaban J connectivity index is 1.57. The molecule has 7 heteroatoms. The number of hydrogen-bond donors (Lipinski definition) is 1. The summed E-state index contributed by atoms with van der Waals surface area (Å²) in [6, 6.07) is 10.7. The zero-order chi connectivity index (χ0) is 18.6. The van der Waals surface area contributed by atoms with E-state index in [2.05, 4.69) is 15.2 Å². The van der Waals surface area contributed by atoms with Crippen LogP contribution in [-0.4, -0.2) is 30.0 Å². The summed E-state index contributed by atoms with van der Waals surface area (Å²) in [7, 11) is 0. The number of benzene rings is 1. The van der Waals surface area contributed by atoms with E-state index in [0.717, 1.165) is 37.2 Å². The van der Waals surface area contributed by atoms with E-state index in [9.17, 15) is 18.0 Å². The molecule has 4 nitrogen and oxygen atoms in total. The molecule has 3 rings (SSSR count). The van der Waals surface area contributed by atoms with Crippen LogP contribution in [0.1, 0.15) is 24.1 Å². The third kappa shape index (κ3) is 4.53. The first-order valence-corrected chi connectivity index (χ1v) is 8.54. The van der Waals surface area contributed by atoms with Crippen molar-refractivity contribution in [3.05, 3.63) is 59.9 Å². The van der Waals surface area contributed by atoms with Crippen molar-refractivity contribution in [2.45, 2.75) is 31.5 Å². The number of anilines is 1. The third-order valence-electron chi connectivity index (χ3n) is 4.51. The first-order chi connectivity index (χ1) is 12.4. The van der Waals surface area contributed by atoms with E-state index in [0.29, 0.717) is 12.2 Å². The highest BCUT2D eigenvalue weighted by Crippen LogP contribution is 2.32. The highest BCUT2D eigenvalue weighted by Gasteiger charge is 2.31. The summed E-state index contributed by atoms with van der Waals surface area (Å²) >= 11 is 0. The molecule has 2 aromatic rings. The van der Waals surface area contributed by atoms with Gasteiger partial charge in [-0.05, 0) is 49.2 Å². The predicted molar refractivity (Wildman–Crippen MR) is 92.8 cm³/mol. The van der Waals surface area contributed by atoms with Gasteiger partial charge in [0.05, 0.1) is 12.0 Å². The van der Waals surface area contributed by atoms with Crippen molar-refractivity contribution in [1.82, 2.24) is 10.3 Å². The first-order valence-electron chi connectivity index (χ1n) is 8.54. The molecular formula is C19H20F3N3O. The van der Waals surface area contributed by atoms with Crippen molar-refractivity contribution in [3.63, 3.8) is 0 Å². The van der Waals surface area contributed by atoms with E-state index in [1.807, 2.05) is 6.07 Å². The molecular weight excluding hydrogens is 343 g/mol. The van der Waals surface area contributed by atoms with Gasteiger partial charge >= 0.3 is 6.18 Å². The zero-order valence-electron chi connectivity index (χ0n) is 14.2. The fourth-order valence-corrected chi connectivity index (χ4v) is 3.19. The van der Waals surface area contributed by atoms with Crippen LogP contribution in [0.5, 0.6) is 0 Å². The second-order valence-corrected chi connectivity index (χ2v) is 6.34. The highest BCUT2D eigenvalue weighted by atomic mass is 19.4. The number of aromatic nitrogens is 1. The van der Waals surface area contributed by atoms with E-state index in [1.54, 1.807) is 18.3 Å². The minimum atomic E-state index is -4.33. The first kappa shape index (κ1) is 18.2. The minimum absolute atomic E-state index is 0.0828. The molecule has 0 spiro atoms. The lowest BCUT2D eigenvalue weighted by molar-refractivity contribution is -0.137. The van der Waals surface area contributed by atoms with E-state index >= 15 is 0 Å². The van der Waals surface area contributed by atoms with Crippen LogP contribution in [0.15, 0.2) is 48.7 Å². The SMILES string of the molecule is O=C(Cc1ccccn1)NC[C@H]1CCCN1c1ccc(C(F)(F)F)cc1. The van der Waals surface area contributed by atoms with Crippen molar-refractivity contribution >= 4 is 11.6 Å². The van der Waals surface area contributed by atoms with Crippen LogP contribution in [0.2, 0.25) is 0 Å². The summed E-state index contributed by atoms with van der Waals surface area (Å²) in [5.41, 5.74) is 0.802. The Morgan fingerprint density at radius 2 is 1.96 bits per heavy atom. The van der Waals surface area contributed by atoms with Crippen LogP contribution in [0.4, 0.5) is 18.9 Å². The van der Waals surface area contributed by atoms with E-state index in [1.165, 1.54) is 12.1 Å². The Labute approximate surface area is 150 Å². The molecule has 0 bridgehead atoms. The lowest BCUT2D eigenvalue weighted by atomic mass is 10.1. The largest absolute Gasteiger partial charge is 0.416 e. The Kier molecular flexibility index (Phi) is 5.44. The molecule has 1 aromatic carbocycles. The number of amides is 1. The van der Waals surface area contributed by atoms with Gasteiger partial charge < -0.3 is 10.2 Å². The zero-order valence-corrected chi connectivity index (χ0v) is 14.2. The van der Waals surface area contributed by atoms with Crippen molar-refractivity contribution in [2.75, 3.05) is 18.0 Å². The molecule has 0 saturated carbocycles. The van der Waals surface area contributed by atoms with Gasteiger partial charge in [-0.25, -0.2) is 0 Å². The van der Waals surface area contributed by atoms with Gasteiger partial charge in [-0.15, -0.1) is 0 Å². The van der Waals surface area contributed by atoms with Gasteiger partial charge in [0.1, 0.15) is 0 Å². The van der Waals surface area contributed by atoms with Crippen LogP contribution < -0.4 is 10.2 Å². The fourth-order valence-electron chi connectivity index (χ4n) is 3.19. The molecule has 138 valence electrons. The molecule has 0 aliphatic carbocycles. The Hall–Kier alpha value is -2.57. The molecule has 1 N–H and O–H groups in total. The van der Waals surface area contributed by atoms with E-state index in [-0.39, 0.29) is 18.4 Å². The molecule has 2 heterocycles. The molecule has 1 aliphatic heterocycles. The average Bonchev–Trinajstić information content (AvgIpc) is 3.09. The number of nitrogens with zero attached hydrogens (tertiary/aromatic N) is 2. The topological polar surface area (TPSA) is 45.2 Å². The Bertz CT molecular complexity index is 732. The monoisotopic (exact) mass is 363 g/mol. The van der Waals surface area contributed by atoms with Crippen molar-refractivity contribution in [1.29, 1.82) is 0 Å². The Morgan fingerprint density at radius 1 is 1.19 bits per heavy atom. The molecule has 1 amide bonds. The third-order valence-corrected chi connectivity index (χ3v) is 4.51. The van der Waals surface area contributed by atoms with Gasteiger partial charge in [-0.1, -0.05) is 6.07 Å². The molecule has 1 aromatic heterocycles. The molecule has 1 aliphatic rings. The second kappa shape index (κ2) is 7.76. The molecule has 26 heavy (non-hydrogen) atoms. The predicted octanol–water partition coefficient (Wildman–Crippen LogP) is 3.43. The lowest BCUT2D eigenvalue weighted by Gasteiger charge is -2.27. The quantitative estimate of drug-likeness (QED) is 0.885. The minimum Gasteiger partial charge on any atom is -0.367 e. The van der Waals surface area contributed by atoms with E-state index in [4.69, 9.17) is 0 Å². The van der Waals surface area contributed by atoms with Crippen LogP contribution in [0.25, 0.3) is 0 Å². The number of halogens is 3. The number of carbonyl (C=O) groups excluding carboxylic acids is 1. The lowest BCUT2D eigenvalue weighted by Crippen LogP contribution is -2.40. The maximum Gasteiger partial charge on any atom is 0.416 e. The number of rotatable bonds is 5. The van der Waals surface area contributed by atoms with Crippen LogP contribution >= 0.6 is 0 Å². The summed E-state index contributed by atoms with van der Waals surface area (Å²) in [4.78, 5) is 18.3. The van der Waals surface area contributed by atoms with Gasteiger partial charge in [0.2, 0.25) is 5.91 Å². The maximum absolute atomic E-state index is 12.7. The standard InChI is InChI=1S/C19H20F3N3O/c20-19(21,22)14-6-8-16(9-7-14)25-11-3-5-17(25)13-24-18(26)12-15-4-1-2-10-23-15/h1-2,4,6-10,17H,3,5,11-13H2,(H,24,26)/t17-/m1/s1.